The first-order valence-electron chi connectivity index (χ1n) is 6.20. The van der Waals surface area contributed by atoms with Crippen LogP contribution >= 0.6 is 0 Å². The molecule has 3 nitrogen and oxygen atoms in total. The second-order valence-corrected chi connectivity index (χ2v) is 3.95. The summed E-state index contributed by atoms with van der Waals surface area (Å²) in [6, 6.07) is 7.07. The number of carbonyl (C=O) groups excluding carboxylic acids is 1. The molecular formula is C14H20O3. The molecule has 0 heterocycles. The standard InChI is InChI=1S/C14H20O3/c1-2-3-4-5-6-11-16-13-7-9-14(10-8-13)17-12-15/h7-10,12H,2-6,11H2,1H3. The zero-order valence-corrected chi connectivity index (χ0v) is 10.4. The second kappa shape index (κ2) is 8.62. The van der Waals surface area contributed by atoms with E-state index < -0.39 is 0 Å². The average Bonchev–Trinajstić information content (AvgIpc) is 2.36. The summed E-state index contributed by atoms with van der Waals surface area (Å²) in [5.74, 6) is 1.36. The summed E-state index contributed by atoms with van der Waals surface area (Å²) in [6.45, 7) is 3.38. The van der Waals surface area contributed by atoms with Crippen LogP contribution < -0.4 is 9.47 Å². The Bertz CT molecular complexity index is 306. The number of unbranched alkanes of at least 4 members (excludes halogenated alkanes) is 4. The van der Waals surface area contributed by atoms with Crippen molar-refractivity contribution in [2.24, 2.45) is 0 Å². The maximum atomic E-state index is 10.1. The Morgan fingerprint density at radius 2 is 1.65 bits per heavy atom. The summed E-state index contributed by atoms with van der Waals surface area (Å²) in [7, 11) is 0. The highest BCUT2D eigenvalue weighted by molar-refractivity contribution is 5.45. The van der Waals surface area contributed by atoms with Crippen LogP contribution in [0.5, 0.6) is 11.5 Å². The SMILES string of the molecule is CCCCCCCOc1ccc(OC=O)cc1. The molecule has 0 aliphatic heterocycles. The summed E-state index contributed by atoms with van der Waals surface area (Å²) in [5.41, 5.74) is 0. The van der Waals surface area contributed by atoms with Gasteiger partial charge >= 0.3 is 0 Å². The van der Waals surface area contributed by atoms with Gasteiger partial charge in [-0.2, -0.15) is 0 Å². The maximum Gasteiger partial charge on any atom is 0.298 e. The molecule has 1 rings (SSSR count). The van der Waals surface area contributed by atoms with Crippen molar-refractivity contribution in [1.29, 1.82) is 0 Å². The van der Waals surface area contributed by atoms with Crippen LogP contribution in [-0.4, -0.2) is 13.1 Å². The minimum absolute atomic E-state index is 0.420. The van der Waals surface area contributed by atoms with E-state index in [1.54, 1.807) is 12.1 Å². The minimum atomic E-state index is 0.420. The third kappa shape index (κ3) is 5.95. The second-order valence-electron chi connectivity index (χ2n) is 3.95. The number of ether oxygens (including phenoxy) is 2. The Morgan fingerprint density at radius 1 is 1.00 bits per heavy atom. The minimum Gasteiger partial charge on any atom is -0.494 e. The first kappa shape index (κ1) is 13.6. The fraction of sp³-hybridized carbons (Fsp3) is 0.500. The summed E-state index contributed by atoms with van der Waals surface area (Å²) in [4.78, 5) is 10.1. The van der Waals surface area contributed by atoms with Crippen LogP contribution in [0, 0.1) is 0 Å². The van der Waals surface area contributed by atoms with Crippen LogP contribution in [-0.2, 0) is 4.79 Å². The van der Waals surface area contributed by atoms with Gasteiger partial charge in [-0.15, -0.1) is 0 Å². The van der Waals surface area contributed by atoms with E-state index in [9.17, 15) is 4.79 Å². The monoisotopic (exact) mass is 236 g/mol. The van der Waals surface area contributed by atoms with Crippen LogP contribution in [0.1, 0.15) is 39.0 Å². The van der Waals surface area contributed by atoms with Crippen LogP contribution in [0.2, 0.25) is 0 Å². The van der Waals surface area contributed by atoms with Crippen molar-refractivity contribution in [1.82, 2.24) is 0 Å². The molecule has 0 N–H and O–H groups in total. The van der Waals surface area contributed by atoms with Gasteiger partial charge in [0, 0.05) is 0 Å². The molecule has 0 amide bonds. The normalized spacial score (nSPS) is 9.94. The van der Waals surface area contributed by atoms with Gasteiger partial charge < -0.3 is 9.47 Å². The van der Waals surface area contributed by atoms with Crippen LogP contribution in [0.15, 0.2) is 24.3 Å². The molecule has 0 aliphatic rings. The fourth-order valence-electron chi connectivity index (χ4n) is 1.57. The third-order valence-corrected chi connectivity index (χ3v) is 2.52. The molecule has 0 radical (unpaired) electrons. The smallest absolute Gasteiger partial charge is 0.298 e. The van der Waals surface area contributed by atoms with Gasteiger partial charge in [0.15, 0.2) is 0 Å². The van der Waals surface area contributed by atoms with Crippen LogP contribution in [0.4, 0.5) is 0 Å². The van der Waals surface area contributed by atoms with E-state index in [2.05, 4.69) is 6.92 Å². The molecule has 0 bridgehead atoms. The largest absolute Gasteiger partial charge is 0.494 e. The van der Waals surface area contributed by atoms with Crippen molar-refractivity contribution in [2.75, 3.05) is 6.61 Å². The summed E-state index contributed by atoms with van der Waals surface area (Å²) in [5, 5.41) is 0. The van der Waals surface area contributed by atoms with Crippen LogP contribution in [0.25, 0.3) is 0 Å². The highest BCUT2D eigenvalue weighted by Crippen LogP contribution is 2.17. The van der Waals surface area contributed by atoms with Crippen molar-refractivity contribution < 1.29 is 14.3 Å². The van der Waals surface area contributed by atoms with Gasteiger partial charge in [0.2, 0.25) is 0 Å². The predicted octanol–water partition coefficient (Wildman–Crippen LogP) is 3.57. The number of hydrogen-bond acceptors (Lipinski definition) is 3. The van der Waals surface area contributed by atoms with Gasteiger partial charge in [-0.05, 0) is 30.7 Å². The van der Waals surface area contributed by atoms with E-state index in [0.717, 1.165) is 18.8 Å². The first-order chi connectivity index (χ1) is 8.36. The highest BCUT2D eigenvalue weighted by Gasteiger charge is 1.96. The van der Waals surface area contributed by atoms with E-state index in [-0.39, 0.29) is 0 Å². The van der Waals surface area contributed by atoms with Gasteiger partial charge in [-0.1, -0.05) is 32.6 Å². The van der Waals surface area contributed by atoms with Crippen molar-refractivity contribution in [2.45, 2.75) is 39.0 Å². The molecule has 3 heteroatoms. The Kier molecular flexibility index (Phi) is 6.87. The van der Waals surface area contributed by atoms with Crippen LogP contribution in [0.3, 0.4) is 0 Å². The molecule has 0 aromatic heterocycles. The van der Waals surface area contributed by atoms with E-state index in [1.165, 1.54) is 25.7 Å². The van der Waals surface area contributed by atoms with E-state index in [4.69, 9.17) is 9.47 Å². The molecule has 0 unspecified atom stereocenters. The summed E-state index contributed by atoms with van der Waals surface area (Å²) < 4.78 is 10.3. The Hall–Kier alpha value is -1.51. The molecule has 0 saturated heterocycles. The molecular weight excluding hydrogens is 216 g/mol. The average molecular weight is 236 g/mol. The molecule has 94 valence electrons. The lowest BCUT2D eigenvalue weighted by Crippen LogP contribution is -1.97. The summed E-state index contributed by atoms with van der Waals surface area (Å²) >= 11 is 0. The topological polar surface area (TPSA) is 35.5 Å². The third-order valence-electron chi connectivity index (χ3n) is 2.52. The number of hydrogen-bond donors (Lipinski definition) is 0. The molecule has 0 saturated carbocycles. The number of carbonyl (C=O) groups is 1. The van der Waals surface area contributed by atoms with Gasteiger partial charge in [0.1, 0.15) is 11.5 Å². The first-order valence-corrected chi connectivity index (χ1v) is 6.20. The van der Waals surface area contributed by atoms with Gasteiger partial charge in [0.25, 0.3) is 6.47 Å². The lowest BCUT2D eigenvalue weighted by atomic mass is 10.2. The molecule has 1 aromatic carbocycles. The molecule has 0 atom stereocenters. The molecule has 17 heavy (non-hydrogen) atoms. The van der Waals surface area contributed by atoms with Crippen molar-refractivity contribution in [3.63, 3.8) is 0 Å². The zero-order valence-electron chi connectivity index (χ0n) is 10.4. The number of rotatable bonds is 9. The highest BCUT2D eigenvalue weighted by atomic mass is 16.5. The van der Waals surface area contributed by atoms with E-state index >= 15 is 0 Å². The molecule has 1 aromatic rings. The van der Waals surface area contributed by atoms with Gasteiger partial charge in [-0.3, -0.25) is 4.79 Å². The molecule has 0 aliphatic carbocycles. The van der Waals surface area contributed by atoms with Gasteiger partial charge in [0.05, 0.1) is 6.61 Å². The van der Waals surface area contributed by atoms with Crippen molar-refractivity contribution >= 4 is 6.47 Å². The Labute approximate surface area is 103 Å². The lowest BCUT2D eigenvalue weighted by Gasteiger charge is -2.06. The Morgan fingerprint density at radius 3 is 2.29 bits per heavy atom. The van der Waals surface area contributed by atoms with Gasteiger partial charge in [-0.25, -0.2) is 0 Å². The van der Waals surface area contributed by atoms with E-state index in [1.807, 2.05) is 12.1 Å². The van der Waals surface area contributed by atoms with Crippen molar-refractivity contribution in [3.8, 4) is 11.5 Å². The lowest BCUT2D eigenvalue weighted by molar-refractivity contribution is -0.120. The Balaban J connectivity index is 2.16. The fourth-order valence-corrected chi connectivity index (χ4v) is 1.57. The number of benzene rings is 1. The quantitative estimate of drug-likeness (QED) is 0.485. The summed E-state index contributed by atoms with van der Waals surface area (Å²) in [6.07, 6.45) is 6.16. The molecule has 0 fully saturated rings. The molecule has 0 spiro atoms. The van der Waals surface area contributed by atoms with Crippen molar-refractivity contribution in [3.05, 3.63) is 24.3 Å². The van der Waals surface area contributed by atoms with E-state index in [0.29, 0.717) is 12.2 Å². The predicted molar refractivity (Wildman–Crippen MR) is 67.4 cm³/mol. The zero-order chi connectivity index (χ0) is 12.3. The maximum absolute atomic E-state index is 10.1.